The molecule has 1 aliphatic rings. The molecule has 18 heavy (non-hydrogen) atoms. The van der Waals surface area contributed by atoms with Crippen LogP contribution in [0.1, 0.15) is 28.0 Å². The van der Waals surface area contributed by atoms with E-state index in [-0.39, 0.29) is 5.92 Å². The first-order valence-corrected chi connectivity index (χ1v) is 7.43. The maximum atomic E-state index is 10.5. The quantitative estimate of drug-likeness (QED) is 0.903. The van der Waals surface area contributed by atoms with Gasteiger partial charge in [0, 0.05) is 10.4 Å². The fourth-order valence-corrected chi connectivity index (χ4v) is 3.90. The molecule has 0 spiro atoms. The molecule has 0 amide bonds. The number of rotatable bonds is 2. The van der Waals surface area contributed by atoms with Gasteiger partial charge in [0.2, 0.25) is 0 Å². The molecule has 0 saturated carbocycles. The van der Waals surface area contributed by atoms with Crippen LogP contribution in [0.15, 0.2) is 34.1 Å². The molecule has 3 rings (SSSR count). The summed E-state index contributed by atoms with van der Waals surface area (Å²) in [5, 5.41) is 10.5. The number of hydrogen-bond acceptors (Lipinski definition) is 3. The second-order valence-corrected chi connectivity index (χ2v) is 6.91. The highest BCUT2D eigenvalue weighted by Gasteiger charge is 2.31. The van der Waals surface area contributed by atoms with Gasteiger partial charge in [0.25, 0.3) is 0 Å². The van der Waals surface area contributed by atoms with Crippen molar-refractivity contribution in [3.05, 3.63) is 50.1 Å². The Hall–Kier alpha value is -0.840. The first kappa shape index (κ1) is 12.2. The van der Waals surface area contributed by atoms with E-state index in [2.05, 4.69) is 15.9 Å². The van der Waals surface area contributed by atoms with E-state index >= 15 is 0 Å². The lowest BCUT2D eigenvalue weighted by Crippen LogP contribution is -2.11. The average Bonchev–Trinajstić information content (AvgIpc) is 2.93. The molecule has 0 aliphatic carbocycles. The third-order valence-electron chi connectivity index (χ3n) is 3.29. The number of halogens is 1. The van der Waals surface area contributed by atoms with Gasteiger partial charge < -0.3 is 9.84 Å². The molecule has 1 aromatic carbocycles. The van der Waals surface area contributed by atoms with Crippen molar-refractivity contribution < 1.29 is 9.84 Å². The van der Waals surface area contributed by atoms with Crippen molar-refractivity contribution in [3.63, 3.8) is 0 Å². The van der Waals surface area contributed by atoms with Crippen molar-refractivity contribution in [3.8, 4) is 5.75 Å². The van der Waals surface area contributed by atoms with E-state index in [1.165, 1.54) is 5.56 Å². The van der Waals surface area contributed by atoms with Crippen LogP contribution < -0.4 is 4.74 Å². The molecular formula is C14H13BrO2S. The second kappa shape index (κ2) is 4.68. The van der Waals surface area contributed by atoms with E-state index in [0.29, 0.717) is 6.61 Å². The summed E-state index contributed by atoms with van der Waals surface area (Å²) in [4.78, 5) is 0.990. The van der Waals surface area contributed by atoms with Gasteiger partial charge in [0.1, 0.15) is 5.75 Å². The molecule has 0 bridgehead atoms. The Morgan fingerprint density at radius 2 is 2.22 bits per heavy atom. The first-order valence-electron chi connectivity index (χ1n) is 5.82. The summed E-state index contributed by atoms with van der Waals surface area (Å²) in [5.41, 5.74) is 2.27. The van der Waals surface area contributed by atoms with Crippen LogP contribution in [0.4, 0.5) is 0 Å². The van der Waals surface area contributed by atoms with E-state index < -0.39 is 6.10 Å². The molecule has 2 aromatic rings. The number of hydrogen-bond donors (Lipinski definition) is 1. The topological polar surface area (TPSA) is 29.5 Å². The van der Waals surface area contributed by atoms with E-state index in [9.17, 15) is 5.11 Å². The second-order valence-electron chi connectivity index (χ2n) is 4.51. The highest BCUT2D eigenvalue weighted by Crippen LogP contribution is 2.43. The highest BCUT2D eigenvalue weighted by atomic mass is 79.9. The Balaban J connectivity index is 1.92. The van der Waals surface area contributed by atoms with Gasteiger partial charge in [0.05, 0.1) is 22.4 Å². The van der Waals surface area contributed by atoms with Gasteiger partial charge >= 0.3 is 0 Å². The van der Waals surface area contributed by atoms with Gasteiger partial charge in [-0.05, 0) is 40.5 Å². The zero-order valence-corrected chi connectivity index (χ0v) is 12.3. The van der Waals surface area contributed by atoms with Crippen LogP contribution in [0.2, 0.25) is 0 Å². The molecule has 0 saturated heterocycles. The average molecular weight is 325 g/mol. The number of fused-ring (bicyclic) bond motifs is 1. The summed E-state index contributed by atoms with van der Waals surface area (Å²) < 4.78 is 6.71. The summed E-state index contributed by atoms with van der Waals surface area (Å²) in [6.45, 7) is 2.59. The van der Waals surface area contributed by atoms with Crippen molar-refractivity contribution >= 4 is 27.3 Å². The molecule has 0 radical (unpaired) electrons. The lowest BCUT2D eigenvalue weighted by molar-refractivity contribution is 0.133. The Kier molecular flexibility index (Phi) is 3.18. The summed E-state index contributed by atoms with van der Waals surface area (Å²) in [6, 6.07) is 9.98. The Labute approximate surface area is 118 Å². The molecule has 2 heterocycles. The molecule has 1 aliphatic heterocycles. The van der Waals surface area contributed by atoms with Crippen LogP contribution in [0.3, 0.4) is 0 Å². The summed E-state index contributed by atoms with van der Waals surface area (Å²) in [6.07, 6.45) is -0.497. The standard InChI is InChI=1S/C14H13BrO2S/c1-8-6-12(18-14(8)15)13(16)10-7-17-11-5-3-2-4-9(10)11/h2-6,10,13,16H,7H2,1H3. The van der Waals surface area contributed by atoms with Crippen molar-refractivity contribution in [1.29, 1.82) is 0 Å². The fourth-order valence-electron chi connectivity index (χ4n) is 2.28. The Morgan fingerprint density at radius 1 is 1.44 bits per heavy atom. The van der Waals surface area contributed by atoms with Crippen molar-refractivity contribution in [1.82, 2.24) is 0 Å². The number of ether oxygens (including phenoxy) is 1. The van der Waals surface area contributed by atoms with Gasteiger partial charge in [0.15, 0.2) is 0 Å². The van der Waals surface area contributed by atoms with E-state index in [0.717, 1.165) is 20.0 Å². The molecule has 4 heteroatoms. The fraction of sp³-hybridized carbons (Fsp3) is 0.286. The third-order valence-corrected chi connectivity index (χ3v) is 5.49. The van der Waals surface area contributed by atoms with E-state index in [1.54, 1.807) is 11.3 Å². The lowest BCUT2D eigenvalue weighted by Gasteiger charge is -2.15. The van der Waals surface area contributed by atoms with Gasteiger partial charge in [-0.15, -0.1) is 11.3 Å². The Bertz CT molecular complexity index is 559. The number of para-hydroxylation sites is 1. The maximum Gasteiger partial charge on any atom is 0.123 e. The zero-order valence-electron chi connectivity index (χ0n) is 9.89. The zero-order chi connectivity index (χ0) is 12.7. The normalized spacial score (nSPS) is 19.4. The van der Waals surface area contributed by atoms with Gasteiger partial charge in [-0.2, -0.15) is 0 Å². The predicted octanol–water partition coefficient (Wildman–Crippen LogP) is 4.03. The largest absolute Gasteiger partial charge is 0.493 e. The van der Waals surface area contributed by atoms with Crippen LogP contribution in [-0.4, -0.2) is 11.7 Å². The van der Waals surface area contributed by atoms with Gasteiger partial charge in [-0.25, -0.2) is 0 Å². The number of thiophene rings is 1. The third kappa shape index (κ3) is 1.98. The molecule has 0 fully saturated rings. The smallest absolute Gasteiger partial charge is 0.123 e. The highest BCUT2D eigenvalue weighted by molar-refractivity contribution is 9.11. The van der Waals surface area contributed by atoms with Gasteiger partial charge in [-0.1, -0.05) is 18.2 Å². The number of aryl methyl sites for hydroxylation is 1. The molecule has 94 valence electrons. The van der Waals surface area contributed by atoms with Crippen LogP contribution in [0, 0.1) is 6.92 Å². The molecule has 1 aromatic heterocycles. The van der Waals surface area contributed by atoms with Crippen LogP contribution in [0.25, 0.3) is 0 Å². The SMILES string of the molecule is Cc1cc(C(O)C2COc3ccccc32)sc1Br. The monoisotopic (exact) mass is 324 g/mol. The minimum atomic E-state index is -0.497. The predicted molar refractivity (Wildman–Crippen MR) is 76.4 cm³/mol. The summed E-state index contributed by atoms with van der Waals surface area (Å²) in [5.74, 6) is 0.931. The molecule has 2 unspecified atom stereocenters. The Morgan fingerprint density at radius 3 is 2.94 bits per heavy atom. The molecule has 1 N–H and O–H groups in total. The van der Waals surface area contributed by atoms with Crippen LogP contribution in [0.5, 0.6) is 5.75 Å². The van der Waals surface area contributed by atoms with Crippen molar-refractivity contribution in [2.24, 2.45) is 0 Å². The molecule has 2 atom stereocenters. The first-order chi connectivity index (χ1) is 8.66. The van der Waals surface area contributed by atoms with Crippen molar-refractivity contribution in [2.75, 3.05) is 6.61 Å². The number of aliphatic hydroxyl groups excluding tert-OH is 1. The van der Waals surface area contributed by atoms with Crippen LogP contribution in [-0.2, 0) is 0 Å². The minimum absolute atomic E-state index is 0.0335. The summed E-state index contributed by atoms with van der Waals surface area (Å²) in [7, 11) is 0. The van der Waals surface area contributed by atoms with Gasteiger partial charge in [-0.3, -0.25) is 0 Å². The van der Waals surface area contributed by atoms with E-state index in [1.807, 2.05) is 37.3 Å². The molecular weight excluding hydrogens is 312 g/mol. The lowest BCUT2D eigenvalue weighted by atomic mass is 9.94. The maximum absolute atomic E-state index is 10.5. The van der Waals surface area contributed by atoms with E-state index in [4.69, 9.17) is 4.74 Å². The molecule has 2 nitrogen and oxygen atoms in total. The summed E-state index contributed by atoms with van der Waals surface area (Å²) >= 11 is 5.10. The van der Waals surface area contributed by atoms with Crippen molar-refractivity contribution in [2.45, 2.75) is 18.9 Å². The number of aliphatic hydroxyl groups is 1. The minimum Gasteiger partial charge on any atom is -0.493 e. The van der Waals surface area contributed by atoms with Crippen LogP contribution >= 0.6 is 27.3 Å². The number of benzene rings is 1.